The minimum atomic E-state index is -0.569. The van der Waals surface area contributed by atoms with Crippen molar-refractivity contribution in [3.05, 3.63) is 54.0 Å². The maximum Gasteiger partial charge on any atom is 0.146 e. The van der Waals surface area contributed by atoms with Crippen molar-refractivity contribution in [2.75, 3.05) is 11.9 Å². The van der Waals surface area contributed by atoms with E-state index in [-0.39, 0.29) is 5.82 Å². The minimum Gasteiger partial charge on any atom is -0.389 e. The van der Waals surface area contributed by atoms with Gasteiger partial charge in [-0.3, -0.25) is 0 Å². The van der Waals surface area contributed by atoms with Gasteiger partial charge in [-0.15, -0.1) is 0 Å². The first kappa shape index (κ1) is 12.5. The first-order chi connectivity index (χ1) is 8.59. The van der Waals surface area contributed by atoms with E-state index in [4.69, 9.17) is 0 Å². The number of hydrogen-bond donors (Lipinski definition) is 1. The molecule has 1 N–H and O–H groups in total. The summed E-state index contributed by atoms with van der Waals surface area (Å²) in [6.45, 7) is 1.68. The summed E-state index contributed by atoms with van der Waals surface area (Å²) in [7, 11) is 1.74. The summed E-state index contributed by atoms with van der Waals surface area (Å²) in [5, 5.41) is 9.53. The van der Waals surface area contributed by atoms with Gasteiger partial charge in [0, 0.05) is 13.2 Å². The van der Waals surface area contributed by atoms with E-state index in [9.17, 15) is 9.50 Å². The van der Waals surface area contributed by atoms with Crippen LogP contribution in [0.4, 0.5) is 15.9 Å². The van der Waals surface area contributed by atoms with Crippen molar-refractivity contribution in [3.8, 4) is 0 Å². The van der Waals surface area contributed by atoms with Gasteiger partial charge in [0.2, 0.25) is 0 Å². The average molecular weight is 246 g/mol. The van der Waals surface area contributed by atoms with Crippen molar-refractivity contribution in [2.45, 2.75) is 13.0 Å². The summed E-state index contributed by atoms with van der Waals surface area (Å²) in [6.07, 6.45) is 1.04. The van der Waals surface area contributed by atoms with Crippen LogP contribution < -0.4 is 4.90 Å². The van der Waals surface area contributed by atoms with Crippen molar-refractivity contribution in [1.29, 1.82) is 0 Å². The fourth-order valence-corrected chi connectivity index (χ4v) is 1.72. The van der Waals surface area contributed by atoms with E-state index in [2.05, 4.69) is 4.98 Å². The second-order valence-corrected chi connectivity index (χ2v) is 4.13. The lowest BCUT2D eigenvalue weighted by atomic mass is 10.1. The van der Waals surface area contributed by atoms with Gasteiger partial charge in [-0.25, -0.2) is 9.37 Å². The second kappa shape index (κ2) is 5.14. The molecule has 0 saturated heterocycles. The van der Waals surface area contributed by atoms with E-state index >= 15 is 0 Å². The lowest BCUT2D eigenvalue weighted by Crippen LogP contribution is -2.13. The van der Waals surface area contributed by atoms with Gasteiger partial charge in [0.05, 0.1) is 11.8 Å². The molecule has 4 heteroatoms. The van der Waals surface area contributed by atoms with E-state index in [0.29, 0.717) is 11.5 Å². The Kier molecular flexibility index (Phi) is 3.58. The summed E-state index contributed by atoms with van der Waals surface area (Å²) in [5.41, 5.74) is 1.20. The van der Waals surface area contributed by atoms with Crippen LogP contribution in [0.25, 0.3) is 0 Å². The summed E-state index contributed by atoms with van der Waals surface area (Å²) >= 11 is 0. The zero-order valence-electron chi connectivity index (χ0n) is 10.3. The Balaban J connectivity index is 2.37. The molecule has 1 atom stereocenters. The van der Waals surface area contributed by atoms with Crippen LogP contribution in [0.3, 0.4) is 0 Å². The summed E-state index contributed by atoms with van der Waals surface area (Å²) < 4.78 is 13.7. The van der Waals surface area contributed by atoms with E-state index in [0.717, 1.165) is 5.56 Å². The number of aromatic nitrogens is 1. The van der Waals surface area contributed by atoms with E-state index in [1.165, 1.54) is 6.07 Å². The van der Waals surface area contributed by atoms with Gasteiger partial charge in [0.25, 0.3) is 0 Å². The van der Waals surface area contributed by atoms with Crippen molar-refractivity contribution in [1.82, 2.24) is 4.98 Å². The molecule has 0 spiro atoms. The van der Waals surface area contributed by atoms with Crippen LogP contribution in [0.15, 0.2) is 42.6 Å². The maximum atomic E-state index is 13.7. The molecule has 0 aliphatic rings. The van der Waals surface area contributed by atoms with Crippen LogP contribution in [0, 0.1) is 5.82 Å². The minimum absolute atomic E-state index is 0.302. The second-order valence-electron chi connectivity index (χ2n) is 4.13. The lowest BCUT2D eigenvalue weighted by molar-refractivity contribution is 0.199. The number of aliphatic hydroxyl groups excluding tert-OH is 1. The van der Waals surface area contributed by atoms with Crippen LogP contribution >= 0.6 is 0 Å². The predicted octanol–water partition coefficient (Wildman–Crippen LogP) is 3.04. The first-order valence-electron chi connectivity index (χ1n) is 5.72. The maximum absolute atomic E-state index is 13.7. The molecule has 0 fully saturated rings. The summed E-state index contributed by atoms with van der Waals surface area (Å²) in [6, 6.07) is 10.00. The SMILES string of the molecule is C[C@H](O)c1ccnc(N(C)c2ccccc2F)c1. The number of pyridine rings is 1. The van der Waals surface area contributed by atoms with Gasteiger partial charge in [-0.05, 0) is 36.8 Å². The number of nitrogens with zero attached hydrogens (tertiary/aromatic N) is 2. The van der Waals surface area contributed by atoms with Crippen LogP contribution in [0.2, 0.25) is 0 Å². The number of halogens is 1. The molecular formula is C14H15FN2O. The monoisotopic (exact) mass is 246 g/mol. The van der Waals surface area contributed by atoms with Gasteiger partial charge in [0.1, 0.15) is 11.6 Å². The van der Waals surface area contributed by atoms with Gasteiger partial charge >= 0.3 is 0 Å². The Hall–Kier alpha value is -1.94. The Morgan fingerprint density at radius 3 is 2.67 bits per heavy atom. The number of hydrogen-bond acceptors (Lipinski definition) is 3. The normalized spacial score (nSPS) is 12.2. The third-order valence-electron chi connectivity index (χ3n) is 2.81. The summed E-state index contributed by atoms with van der Waals surface area (Å²) in [4.78, 5) is 5.84. The molecule has 1 aromatic carbocycles. The van der Waals surface area contributed by atoms with Crippen molar-refractivity contribution >= 4 is 11.5 Å². The zero-order valence-corrected chi connectivity index (χ0v) is 10.3. The smallest absolute Gasteiger partial charge is 0.146 e. The standard InChI is InChI=1S/C14H15FN2O/c1-10(18)11-7-8-16-14(9-11)17(2)13-6-4-3-5-12(13)15/h3-10,18H,1-2H3/t10-/m0/s1. The molecule has 0 aliphatic carbocycles. The van der Waals surface area contributed by atoms with Crippen LogP contribution in [0.5, 0.6) is 0 Å². The molecule has 0 amide bonds. The topological polar surface area (TPSA) is 36.4 Å². The number of aliphatic hydroxyl groups is 1. The highest BCUT2D eigenvalue weighted by Gasteiger charge is 2.11. The molecule has 0 saturated carbocycles. The highest BCUT2D eigenvalue weighted by molar-refractivity contribution is 5.60. The van der Waals surface area contributed by atoms with Gasteiger partial charge in [0.15, 0.2) is 0 Å². The van der Waals surface area contributed by atoms with Crippen molar-refractivity contribution < 1.29 is 9.50 Å². The van der Waals surface area contributed by atoms with Crippen molar-refractivity contribution in [3.63, 3.8) is 0 Å². The molecule has 2 aromatic rings. The fourth-order valence-electron chi connectivity index (χ4n) is 1.72. The molecule has 0 unspecified atom stereocenters. The number of benzene rings is 1. The van der Waals surface area contributed by atoms with E-state index in [1.54, 1.807) is 55.4 Å². The van der Waals surface area contributed by atoms with Crippen LogP contribution in [-0.2, 0) is 0 Å². The summed E-state index contributed by atoms with van der Waals surface area (Å²) in [5.74, 6) is 0.294. The molecule has 3 nitrogen and oxygen atoms in total. The van der Waals surface area contributed by atoms with Crippen LogP contribution in [-0.4, -0.2) is 17.1 Å². The Morgan fingerprint density at radius 2 is 2.00 bits per heavy atom. The molecule has 18 heavy (non-hydrogen) atoms. The zero-order chi connectivity index (χ0) is 13.1. The highest BCUT2D eigenvalue weighted by Crippen LogP contribution is 2.25. The van der Waals surface area contributed by atoms with Crippen molar-refractivity contribution in [2.24, 2.45) is 0 Å². The Bertz CT molecular complexity index is 543. The Labute approximate surface area is 106 Å². The third kappa shape index (κ3) is 2.49. The largest absolute Gasteiger partial charge is 0.389 e. The van der Waals surface area contributed by atoms with Gasteiger partial charge in [-0.1, -0.05) is 12.1 Å². The van der Waals surface area contributed by atoms with E-state index in [1.807, 2.05) is 0 Å². The molecule has 94 valence electrons. The van der Waals surface area contributed by atoms with Gasteiger partial charge in [-0.2, -0.15) is 0 Å². The molecule has 1 heterocycles. The third-order valence-corrected chi connectivity index (χ3v) is 2.81. The molecule has 0 bridgehead atoms. The predicted molar refractivity (Wildman–Crippen MR) is 69.3 cm³/mol. The molecule has 0 aliphatic heterocycles. The molecular weight excluding hydrogens is 231 g/mol. The first-order valence-corrected chi connectivity index (χ1v) is 5.72. The molecule has 1 aromatic heterocycles. The quantitative estimate of drug-likeness (QED) is 0.904. The number of para-hydroxylation sites is 1. The molecule has 2 rings (SSSR count). The highest BCUT2D eigenvalue weighted by atomic mass is 19.1. The lowest BCUT2D eigenvalue weighted by Gasteiger charge is -2.19. The van der Waals surface area contributed by atoms with E-state index < -0.39 is 6.10 Å². The average Bonchev–Trinajstić information content (AvgIpc) is 2.38. The fraction of sp³-hybridized carbons (Fsp3) is 0.214. The number of anilines is 2. The Morgan fingerprint density at radius 1 is 1.28 bits per heavy atom. The number of rotatable bonds is 3. The van der Waals surface area contributed by atoms with Crippen LogP contribution in [0.1, 0.15) is 18.6 Å². The molecule has 0 radical (unpaired) electrons. The van der Waals surface area contributed by atoms with Gasteiger partial charge < -0.3 is 10.0 Å².